The van der Waals surface area contributed by atoms with Crippen molar-refractivity contribution in [3.63, 3.8) is 0 Å². The van der Waals surface area contributed by atoms with Crippen molar-refractivity contribution in [2.24, 2.45) is 0 Å². The van der Waals surface area contributed by atoms with E-state index in [1.165, 1.54) is 0 Å². The van der Waals surface area contributed by atoms with Crippen molar-refractivity contribution in [2.75, 3.05) is 19.1 Å². The molecule has 10 heavy (non-hydrogen) atoms. The third-order valence-electron chi connectivity index (χ3n) is 2.01. The molecule has 4 heteroatoms. The first-order valence-electron chi connectivity index (χ1n) is 3.69. The van der Waals surface area contributed by atoms with Gasteiger partial charge in [0.2, 0.25) is 8.32 Å². The summed E-state index contributed by atoms with van der Waals surface area (Å²) in [6, 6.07) is 0.917. The van der Waals surface area contributed by atoms with Crippen LogP contribution in [-0.4, -0.2) is 37.6 Å². The SMILES string of the molecule is OC[Si]1(CO)CCCCO1. The molecule has 0 spiro atoms. The molecule has 2 N–H and O–H groups in total. The number of aliphatic hydroxyl groups excluding tert-OH is 2. The van der Waals surface area contributed by atoms with Crippen LogP contribution < -0.4 is 0 Å². The molecule has 0 unspecified atom stereocenters. The maximum absolute atomic E-state index is 8.92. The predicted octanol–water partition coefficient (Wildman–Crippen LogP) is -0.195. The number of hydrogen-bond acceptors (Lipinski definition) is 3. The highest BCUT2D eigenvalue weighted by Gasteiger charge is 2.35. The fourth-order valence-corrected chi connectivity index (χ4v) is 3.42. The van der Waals surface area contributed by atoms with Gasteiger partial charge in [-0.2, -0.15) is 0 Å². The van der Waals surface area contributed by atoms with Gasteiger partial charge in [0, 0.05) is 6.61 Å². The van der Waals surface area contributed by atoms with Gasteiger partial charge in [-0.25, -0.2) is 0 Å². The van der Waals surface area contributed by atoms with Gasteiger partial charge in [-0.15, -0.1) is 0 Å². The lowest BCUT2D eigenvalue weighted by Crippen LogP contribution is -2.49. The molecule has 0 radical (unpaired) electrons. The third-order valence-corrected chi connectivity index (χ3v) is 5.25. The van der Waals surface area contributed by atoms with Crippen molar-refractivity contribution in [1.29, 1.82) is 0 Å². The average Bonchev–Trinajstić information content (AvgIpc) is 2.06. The molecule has 1 fully saturated rings. The summed E-state index contributed by atoms with van der Waals surface area (Å²) in [6.45, 7) is 0.730. The molecule has 1 saturated heterocycles. The van der Waals surface area contributed by atoms with Crippen LogP contribution >= 0.6 is 0 Å². The zero-order valence-corrected chi connectivity index (χ0v) is 7.05. The van der Waals surface area contributed by atoms with Crippen LogP contribution in [0, 0.1) is 0 Å². The van der Waals surface area contributed by atoms with E-state index in [2.05, 4.69) is 0 Å². The zero-order chi connectivity index (χ0) is 7.45. The van der Waals surface area contributed by atoms with Gasteiger partial charge in [-0.3, -0.25) is 0 Å². The van der Waals surface area contributed by atoms with Crippen molar-refractivity contribution in [2.45, 2.75) is 18.9 Å². The van der Waals surface area contributed by atoms with Gasteiger partial charge in [0.05, 0.1) is 12.5 Å². The molecule has 1 rings (SSSR count). The van der Waals surface area contributed by atoms with Crippen LogP contribution in [0.25, 0.3) is 0 Å². The molecule has 1 heterocycles. The van der Waals surface area contributed by atoms with Crippen LogP contribution in [0.3, 0.4) is 0 Å². The third kappa shape index (κ3) is 1.57. The maximum atomic E-state index is 8.92. The van der Waals surface area contributed by atoms with Crippen LogP contribution in [-0.2, 0) is 4.43 Å². The quantitative estimate of drug-likeness (QED) is 0.553. The molecule has 0 atom stereocenters. The molecule has 0 aromatic heterocycles. The highest BCUT2D eigenvalue weighted by atomic mass is 28.4. The first-order chi connectivity index (χ1) is 4.83. The molecule has 0 bridgehead atoms. The van der Waals surface area contributed by atoms with Gasteiger partial charge in [-0.05, 0) is 12.5 Å². The summed E-state index contributed by atoms with van der Waals surface area (Å²) in [6.07, 6.45) is 2.33. The lowest BCUT2D eigenvalue weighted by atomic mass is 10.4. The van der Waals surface area contributed by atoms with Gasteiger partial charge in [-0.1, -0.05) is 6.42 Å². The molecule has 1 aliphatic heterocycles. The van der Waals surface area contributed by atoms with Gasteiger partial charge >= 0.3 is 0 Å². The van der Waals surface area contributed by atoms with E-state index in [-0.39, 0.29) is 12.5 Å². The van der Waals surface area contributed by atoms with Crippen molar-refractivity contribution in [1.82, 2.24) is 0 Å². The Morgan fingerprint density at radius 3 is 2.20 bits per heavy atom. The summed E-state index contributed by atoms with van der Waals surface area (Å²) in [5, 5.41) is 17.8. The van der Waals surface area contributed by atoms with E-state index in [0.29, 0.717) is 0 Å². The summed E-state index contributed by atoms with van der Waals surface area (Å²) in [4.78, 5) is 0. The van der Waals surface area contributed by atoms with Crippen molar-refractivity contribution in [3.8, 4) is 0 Å². The van der Waals surface area contributed by atoms with Gasteiger partial charge in [0.1, 0.15) is 0 Å². The average molecular weight is 162 g/mol. The molecule has 0 aromatic rings. The summed E-state index contributed by atoms with van der Waals surface area (Å²) >= 11 is 0. The largest absolute Gasteiger partial charge is 0.412 e. The molecule has 0 aromatic carbocycles. The first kappa shape index (κ1) is 8.20. The minimum Gasteiger partial charge on any atom is -0.412 e. The number of rotatable bonds is 2. The van der Waals surface area contributed by atoms with Gasteiger partial charge in [0.15, 0.2) is 0 Å². The molecule has 60 valence electrons. The Balaban J connectivity index is 2.44. The van der Waals surface area contributed by atoms with Gasteiger partial charge in [0.25, 0.3) is 0 Å². The second-order valence-corrected chi connectivity index (χ2v) is 6.59. The van der Waals surface area contributed by atoms with E-state index in [9.17, 15) is 0 Å². The standard InChI is InChI=1S/C6H14O3Si/c7-5-10(6-8)4-2-1-3-9-10/h7-8H,1-6H2. The lowest BCUT2D eigenvalue weighted by molar-refractivity contribution is 0.200. The Bertz CT molecular complexity index is 95.2. The summed E-state index contributed by atoms with van der Waals surface area (Å²) in [5.41, 5.74) is 0. The Labute approximate surface area is 61.8 Å². The Hall–Kier alpha value is 0.0969. The van der Waals surface area contributed by atoms with E-state index < -0.39 is 8.32 Å². The van der Waals surface area contributed by atoms with Crippen LogP contribution in [0.4, 0.5) is 0 Å². The Morgan fingerprint density at radius 2 is 1.90 bits per heavy atom. The van der Waals surface area contributed by atoms with Crippen LogP contribution in [0.5, 0.6) is 0 Å². The number of hydrogen-bond donors (Lipinski definition) is 2. The fraction of sp³-hybridized carbons (Fsp3) is 1.00. The number of aliphatic hydroxyl groups is 2. The summed E-state index contributed by atoms with van der Waals surface area (Å²) in [7, 11) is -2.02. The summed E-state index contributed by atoms with van der Waals surface area (Å²) in [5.74, 6) is 0. The molecule has 0 amide bonds. The molecular formula is C6H14O3Si. The molecular weight excluding hydrogens is 148 g/mol. The van der Waals surface area contributed by atoms with Crippen molar-refractivity contribution < 1.29 is 14.6 Å². The normalized spacial score (nSPS) is 24.6. The second kappa shape index (κ2) is 3.48. The first-order valence-corrected chi connectivity index (χ1v) is 6.22. The lowest BCUT2D eigenvalue weighted by Gasteiger charge is -2.31. The molecule has 0 saturated carbocycles. The van der Waals surface area contributed by atoms with E-state index in [0.717, 1.165) is 25.5 Å². The smallest absolute Gasteiger partial charge is 0.242 e. The Morgan fingerprint density at radius 1 is 1.20 bits per heavy atom. The van der Waals surface area contributed by atoms with Crippen LogP contribution in [0.1, 0.15) is 12.8 Å². The topological polar surface area (TPSA) is 49.7 Å². The minimum absolute atomic E-state index is 0.0729. The van der Waals surface area contributed by atoms with E-state index in [1.54, 1.807) is 0 Å². The zero-order valence-electron chi connectivity index (χ0n) is 6.05. The molecule has 1 aliphatic rings. The highest BCUT2D eigenvalue weighted by Crippen LogP contribution is 2.20. The summed E-state index contributed by atoms with van der Waals surface area (Å²) < 4.78 is 5.40. The van der Waals surface area contributed by atoms with Gasteiger partial charge < -0.3 is 14.6 Å². The Kier molecular flexibility index (Phi) is 2.85. The fourth-order valence-electron chi connectivity index (χ4n) is 1.21. The predicted molar refractivity (Wildman–Crippen MR) is 39.9 cm³/mol. The monoisotopic (exact) mass is 162 g/mol. The second-order valence-electron chi connectivity index (χ2n) is 2.80. The maximum Gasteiger partial charge on any atom is 0.242 e. The van der Waals surface area contributed by atoms with Crippen molar-refractivity contribution >= 4 is 8.32 Å². The van der Waals surface area contributed by atoms with Crippen LogP contribution in [0.2, 0.25) is 6.04 Å². The molecule has 3 nitrogen and oxygen atoms in total. The van der Waals surface area contributed by atoms with E-state index in [4.69, 9.17) is 14.6 Å². The van der Waals surface area contributed by atoms with E-state index in [1.807, 2.05) is 0 Å². The van der Waals surface area contributed by atoms with E-state index >= 15 is 0 Å². The van der Waals surface area contributed by atoms with Crippen molar-refractivity contribution in [3.05, 3.63) is 0 Å². The highest BCUT2D eigenvalue weighted by molar-refractivity contribution is 6.73. The molecule has 0 aliphatic carbocycles. The van der Waals surface area contributed by atoms with Crippen LogP contribution in [0.15, 0.2) is 0 Å². The minimum atomic E-state index is -2.02.